The summed E-state index contributed by atoms with van der Waals surface area (Å²) in [4.78, 5) is 36.4. The Morgan fingerprint density at radius 3 is 1.95 bits per heavy atom. The molecule has 0 saturated heterocycles. The van der Waals surface area contributed by atoms with Crippen molar-refractivity contribution < 1.29 is 19.5 Å². The summed E-state index contributed by atoms with van der Waals surface area (Å²) in [6, 6.07) is -0.566. The Hall–Kier alpha value is -1.79. The van der Waals surface area contributed by atoms with Crippen molar-refractivity contribution in [2.24, 2.45) is 11.7 Å². The van der Waals surface area contributed by atoms with Crippen molar-refractivity contribution in [3.05, 3.63) is 0 Å². The van der Waals surface area contributed by atoms with Crippen molar-refractivity contribution in [1.82, 2.24) is 9.80 Å². The first-order valence-corrected chi connectivity index (χ1v) is 6.20. The lowest BCUT2D eigenvalue weighted by Crippen LogP contribution is -2.51. The van der Waals surface area contributed by atoms with Gasteiger partial charge in [-0.3, -0.25) is 9.59 Å². The van der Waals surface area contributed by atoms with E-state index in [1.54, 1.807) is 0 Å². The van der Waals surface area contributed by atoms with Crippen LogP contribution < -0.4 is 5.73 Å². The summed E-state index contributed by atoms with van der Waals surface area (Å²) in [6.07, 6.45) is 0. The Kier molecular flexibility index (Phi) is 6.89. The second-order valence-electron chi connectivity index (χ2n) is 5.14. The zero-order valence-corrected chi connectivity index (χ0v) is 11.9. The Labute approximate surface area is 113 Å². The van der Waals surface area contributed by atoms with Crippen LogP contribution in [0.25, 0.3) is 0 Å². The Morgan fingerprint density at radius 1 is 1.11 bits per heavy atom. The number of nitrogens with two attached hydrogens (primary N) is 1. The van der Waals surface area contributed by atoms with Gasteiger partial charge in [-0.2, -0.15) is 0 Å². The molecule has 7 nitrogen and oxygen atoms in total. The maximum absolute atomic E-state index is 12.3. The van der Waals surface area contributed by atoms with Gasteiger partial charge in [0.1, 0.15) is 13.1 Å². The molecule has 0 radical (unpaired) electrons. The number of carbonyl (C=O) groups excluding carboxylic acids is 2. The van der Waals surface area contributed by atoms with Gasteiger partial charge in [0.15, 0.2) is 0 Å². The van der Waals surface area contributed by atoms with Gasteiger partial charge >= 0.3 is 12.0 Å². The molecule has 0 heterocycles. The number of hydrogen-bond acceptors (Lipinski definition) is 3. The van der Waals surface area contributed by atoms with Crippen LogP contribution >= 0.6 is 0 Å². The predicted molar refractivity (Wildman–Crippen MR) is 70.5 cm³/mol. The molecule has 0 rings (SSSR count). The molecule has 0 aliphatic heterocycles. The molecule has 110 valence electrons. The van der Waals surface area contributed by atoms with E-state index in [1.807, 2.05) is 27.7 Å². The fourth-order valence-corrected chi connectivity index (χ4v) is 1.63. The molecule has 3 N–H and O–H groups in total. The number of urea groups is 1. The molecule has 0 atom stereocenters. The maximum Gasteiger partial charge on any atom is 0.323 e. The second kappa shape index (κ2) is 7.60. The van der Waals surface area contributed by atoms with Gasteiger partial charge in [-0.25, -0.2) is 4.79 Å². The normalized spacial score (nSPS) is 10.6. The van der Waals surface area contributed by atoms with E-state index in [-0.39, 0.29) is 12.0 Å². The summed E-state index contributed by atoms with van der Waals surface area (Å²) in [5.74, 6) is -1.67. The Bertz CT molecular complexity index is 326. The van der Waals surface area contributed by atoms with Crippen molar-refractivity contribution in [2.45, 2.75) is 33.7 Å². The molecule has 3 amide bonds. The van der Waals surface area contributed by atoms with Gasteiger partial charge in [-0.05, 0) is 19.8 Å². The van der Waals surface area contributed by atoms with Gasteiger partial charge < -0.3 is 20.6 Å². The van der Waals surface area contributed by atoms with E-state index in [4.69, 9.17) is 10.8 Å². The molecule has 0 fully saturated rings. The highest BCUT2D eigenvalue weighted by atomic mass is 16.4. The first-order valence-electron chi connectivity index (χ1n) is 6.20. The van der Waals surface area contributed by atoms with Crippen molar-refractivity contribution in [3.8, 4) is 0 Å². The minimum absolute atomic E-state index is 0.0842. The number of hydrogen-bond donors (Lipinski definition) is 2. The van der Waals surface area contributed by atoms with Crippen LogP contribution in [0.2, 0.25) is 0 Å². The van der Waals surface area contributed by atoms with Crippen LogP contribution in [0.1, 0.15) is 27.7 Å². The standard InChI is InChI=1S/C12H23N3O4/c1-8(2)5-15(9(3)4)12(19)14(6-10(13)16)7-11(17)18/h8-9H,5-7H2,1-4H3,(H2,13,16)(H,17,18). The van der Waals surface area contributed by atoms with Crippen molar-refractivity contribution in [1.29, 1.82) is 0 Å². The molecule has 0 unspecified atom stereocenters. The van der Waals surface area contributed by atoms with Gasteiger partial charge in [-0.15, -0.1) is 0 Å². The number of amides is 3. The van der Waals surface area contributed by atoms with Crippen LogP contribution in [0, 0.1) is 5.92 Å². The number of nitrogens with zero attached hydrogens (tertiary/aromatic N) is 2. The van der Waals surface area contributed by atoms with E-state index in [1.165, 1.54) is 4.90 Å². The molecule has 0 aromatic carbocycles. The molecule has 0 saturated carbocycles. The molecule has 0 aliphatic carbocycles. The topological polar surface area (TPSA) is 104 Å². The average Bonchev–Trinajstić information content (AvgIpc) is 2.22. The van der Waals surface area contributed by atoms with Gasteiger partial charge in [0.25, 0.3) is 0 Å². The Morgan fingerprint density at radius 2 is 1.63 bits per heavy atom. The van der Waals surface area contributed by atoms with E-state index in [0.29, 0.717) is 6.54 Å². The third-order valence-corrected chi connectivity index (χ3v) is 2.37. The van der Waals surface area contributed by atoms with Crippen LogP contribution in [0.15, 0.2) is 0 Å². The van der Waals surface area contributed by atoms with Gasteiger partial charge in [-0.1, -0.05) is 13.8 Å². The van der Waals surface area contributed by atoms with Crippen molar-refractivity contribution in [2.75, 3.05) is 19.6 Å². The minimum atomic E-state index is -1.18. The monoisotopic (exact) mass is 273 g/mol. The highest BCUT2D eigenvalue weighted by Gasteiger charge is 2.26. The van der Waals surface area contributed by atoms with Crippen LogP contribution in [0.3, 0.4) is 0 Å². The van der Waals surface area contributed by atoms with Crippen molar-refractivity contribution >= 4 is 17.9 Å². The highest BCUT2D eigenvalue weighted by molar-refractivity contribution is 5.86. The summed E-state index contributed by atoms with van der Waals surface area (Å²) in [5.41, 5.74) is 5.04. The zero-order valence-electron chi connectivity index (χ0n) is 11.9. The second-order valence-corrected chi connectivity index (χ2v) is 5.14. The first-order chi connectivity index (χ1) is 8.65. The number of rotatable bonds is 7. The molecule has 0 bridgehead atoms. The van der Waals surface area contributed by atoms with Gasteiger partial charge in [0.05, 0.1) is 0 Å². The first kappa shape index (κ1) is 17.2. The SMILES string of the molecule is CC(C)CN(C(=O)N(CC(N)=O)CC(=O)O)C(C)C. The number of carboxylic acid groups (broad SMARTS) is 1. The van der Waals surface area contributed by atoms with Gasteiger partial charge in [0, 0.05) is 12.6 Å². The molecule has 0 spiro atoms. The number of carboxylic acids is 1. The average molecular weight is 273 g/mol. The maximum atomic E-state index is 12.3. The summed E-state index contributed by atoms with van der Waals surface area (Å²) in [5, 5.41) is 8.78. The summed E-state index contributed by atoms with van der Waals surface area (Å²) < 4.78 is 0. The van der Waals surface area contributed by atoms with Crippen LogP contribution in [-0.4, -0.2) is 58.5 Å². The molecular formula is C12H23N3O4. The largest absolute Gasteiger partial charge is 0.480 e. The summed E-state index contributed by atoms with van der Waals surface area (Å²) in [6.45, 7) is 7.14. The third-order valence-electron chi connectivity index (χ3n) is 2.37. The smallest absolute Gasteiger partial charge is 0.323 e. The highest BCUT2D eigenvalue weighted by Crippen LogP contribution is 2.08. The third kappa shape index (κ3) is 6.64. The lowest BCUT2D eigenvalue weighted by atomic mass is 10.2. The molecule has 0 aliphatic rings. The predicted octanol–water partition coefficient (Wildman–Crippen LogP) is 0.345. The molecular weight excluding hydrogens is 250 g/mol. The summed E-state index contributed by atoms with van der Waals surface area (Å²) in [7, 11) is 0. The summed E-state index contributed by atoms with van der Waals surface area (Å²) >= 11 is 0. The van der Waals surface area contributed by atoms with Crippen LogP contribution in [-0.2, 0) is 9.59 Å². The molecule has 0 aromatic rings. The van der Waals surface area contributed by atoms with E-state index in [0.717, 1.165) is 4.90 Å². The van der Waals surface area contributed by atoms with Crippen LogP contribution in [0.4, 0.5) is 4.79 Å². The lowest BCUT2D eigenvalue weighted by Gasteiger charge is -2.33. The van der Waals surface area contributed by atoms with E-state index in [9.17, 15) is 14.4 Å². The molecule has 0 aromatic heterocycles. The number of aliphatic carboxylic acids is 1. The van der Waals surface area contributed by atoms with Gasteiger partial charge in [0.2, 0.25) is 5.91 Å². The minimum Gasteiger partial charge on any atom is -0.480 e. The molecule has 7 heteroatoms. The number of primary amides is 1. The van der Waals surface area contributed by atoms with E-state index >= 15 is 0 Å². The van der Waals surface area contributed by atoms with E-state index in [2.05, 4.69) is 0 Å². The van der Waals surface area contributed by atoms with Crippen LogP contribution in [0.5, 0.6) is 0 Å². The number of carbonyl (C=O) groups is 3. The zero-order chi connectivity index (χ0) is 15.2. The molecule has 19 heavy (non-hydrogen) atoms. The fourth-order valence-electron chi connectivity index (χ4n) is 1.63. The lowest BCUT2D eigenvalue weighted by molar-refractivity contribution is -0.138. The quantitative estimate of drug-likeness (QED) is 0.698. The Balaban J connectivity index is 4.99. The fraction of sp³-hybridized carbons (Fsp3) is 0.750. The van der Waals surface area contributed by atoms with E-state index < -0.39 is 31.0 Å². The van der Waals surface area contributed by atoms with Crippen molar-refractivity contribution in [3.63, 3.8) is 0 Å².